The highest BCUT2D eigenvalue weighted by Gasteiger charge is 2.06. The van der Waals surface area contributed by atoms with Crippen molar-refractivity contribution in [1.29, 1.82) is 0 Å². The Morgan fingerprint density at radius 2 is 2.06 bits per heavy atom. The van der Waals surface area contributed by atoms with Gasteiger partial charge in [-0.1, -0.05) is 6.42 Å². The van der Waals surface area contributed by atoms with Crippen LogP contribution in [0.3, 0.4) is 0 Å². The third-order valence-corrected chi connectivity index (χ3v) is 2.67. The van der Waals surface area contributed by atoms with Crippen molar-refractivity contribution in [3.8, 4) is 0 Å². The number of hydrogen-bond acceptors (Lipinski definition) is 1. The molecule has 0 aliphatic heterocycles. The Morgan fingerprint density at radius 1 is 1.29 bits per heavy atom. The number of aryl methyl sites for hydroxylation is 1. The van der Waals surface area contributed by atoms with Crippen LogP contribution in [0.1, 0.15) is 35.2 Å². The summed E-state index contributed by atoms with van der Waals surface area (Å²) in [5.41, 5.74) is 1.12. The van der Waals surface area contributed by atoms with E-state index >= 15 is 0 Å². The lowest BCUT2D eigenvalue weighted by molar-refractivity contribution is 0.0952. The van der Waals surface area contributed by atoms with Gasteiger partial charge in [0, 0.05) is 18.0 Å². The van der Waals surface area contributed by atoms with E-state index in [9.17, 15) is 9.18 Å². The minimum Gasteiger partial charge on any atom is -0.352 e. The minimum atomic E-state index is -0.378. The summed E-state index contributed by atoms with van der Waals surface area (Å²) in [7, 11) is 0. The number of carbonyl (C=O) groups excluding carboxylic acids is 1. The van der Waals surface area contributed by atoms with Crippen LogP contribution in [0.4, 0.5) is 4.39 Å². The van der Waals surface area contributed by atoms with E-state index in [1.54, 1.807) is 13.0 Å². The fraction of sp³-hybridized carbons (Fsp3) is 0.462. The SMILES string of the molecule is Cc1cc(F)cc(C(=O)NCCCCCCl)c1. The summed E-state index contributed by atoms with van der Waals surface area (Å²) >= 11 is 5.54. The zero-order valence-electron chi connectivity index (χ0n) is 9.93. The van der Waals surface area contributed by atoms with Gasteiger partial charge < -0.3 is 5.32 Å². The molecule has 1 amide bonds. The predicted molar refractivity (Wildman–Crippen MR) is 68.0 cm³/mol. The molecule has 94 valence electrons. The number of unbranched alkanes of at least 4 members (excludes halogenated alkanes) is 2. The second kappa shape index (κ2) is 7.28. The van der Waals surface area contributed by atoms with E-state index in [4.69, 9.17) is 11.6 Å². The minimum absolute atomic E-state index is 0.224. The van der Waals surface area contributed by atoms with Crippen LogP contribution in [0.5, 0.6) is 0 Å². The highest BCUT2D eigenvalue weighted by atomic mass is 35.5. The Morgan fingerprint density at radius 3 is 2.71 bits per heavy atom. The number of amides is 1. The molecule has 0 aromatic heterocycles. The van der Waals surface area contributed by atoms with Crippen molar-refractivity contribution in [3.63, 3.8) is 0 Å². The fourth-order valence-corrected chi connectivity index (χ4v) is 1.76. The van der Waals surface area contributed by atoms with Crippen LogP contribution in [-0.4, -0.2) is 18.3 Å². The smallest absolute Gasteiger partial charge is 0.251 e. The molecule has 1 aromatic rings. The van der Waals surface area contributed by atoms with E-state index in [0.717, 1.165) is 24.8 Å². The van der Waals surface area contributed by atoms with Crippen LogP contribution < -0.4 is 5.32 Å². The van der Waals surface area contributed by atoms with Crippen LogP contribution >= 0.6 is 11.6 Å². The Bertz CT molecular complexity index is 361. The number of benzene rings is 1. The number of hydrogen-bond donors (Lipinski definition) is 1. The van der Waals surface area contributed by atoms with Gasteiger partial charge in [-0.3, -0.25) is 4.79 Å². The van der Waals surface area contributed by atoms with Gasteiger partial charge in [-0.2, -0.15) is 0 Å². The molecular formula is C13H17ClFNO. The number of nitrogens with one attached hydrogen (secondary N) is 1. The number of carbonyl (C=O) groups is 1. The van der Waals surface area contributed by atoms with Gasteiger partial charge in [-0.05, 0) is 43.5 Å². The zero-order chi connectivity index (χ0) is 12.7. The zero-order valence-corrected chi connectivity index (χ0v) is 10.7. The van der Waals surface area contributed by atoms with Crippen LogP contribution in [0.15, 0.2) is 18.2 Å². The molecule has 0 aliphatic carbocycles. The lowest BCUT2D eigenvalue weighted by atomic mass is 10.1. The molecule has 17 heavy (non-hydrogen) atoms. The number of alkyl halides is 1. The molecule has 0 atom stereocenters. The molecule has 0 spiro atoms. The molecule has 4 heteroatoms. The van der Waals surface area contributed by atoms with E-state index < -0.39 is 0 Å². The first-order valence-corrected chi connectivity index (χ1v) is 6.28. The highest BCUT2D eigenvalue weighted by molar-refractivity contribution is 6.17. The summed E-state index contributed by atoms with van der Waals surface area (Å²) in [6.45, 7) is 2.37. The van der Waals surface area contributed by atoms with Crippen LogP contribution in [0, 0.1) is 12.7 Å². The number of halogens is 2. The molecule has 0 saturated carbocycles. The Balaban J connectivity index is 2.41. The van der Waals surface area contributed by atoms with Crippen molar-refractivity contribution in [2.75, 3.05) is 12.4 Å². The van der Waals surface area contributed by atoms with Gasteiger partial charge in [-0.25, -0.2) is 4.39 Å². The lowest BCUT2D eigenvalue weighted by Crippen LogP contribution is -2.24. The highest BCUT2D eigenvalue weighted by Crippen LogP contribution is 2.08. The average molecular weight is 258 g/mol. The first-order valence-electron chi connectivity index (χ1n) is 5.75. The molecular weight excluding hydrogens is 241 g/mol. The molecule has 0 radical (unpaired) electrons. The monoisotopic (exact) mass is 257 g/mol. The van der Waals surface area contributed by atoms with Gasteiger partial charge in [0.05, 0.1) is 0 Å². The summed E-state index contributed by atoms with van der Waals surface area (Å²) in [4.78, 5) is 11.7. The van der Waals surface area contributed by atoms with Gasteiger partial charge in [0.1, 0.15) is 5.82 Å². The number of rotatable bonds is 6. The van der Waals surface area contributed by atoms with E-state index in [1.165, 1.54) is 12.1 Å². The molecule has 0 aliphatic rings. The van der Waals surface area contributed by atoms with E-state index in [-0.39, 0.29) is 11.7 Å². The normalized spacial score (nSPS) is 10.3. The fourth-order valence-electron chi connectivity index (χ4n) is 1.57. The quantitative estimate of drug-likeness (QED) is 0.615. The topological polar surface area (TPSA) is 29.1 Å². The Kier molecular flexibility index (Phi) is 5.98. The van der Waals surface area contributed by atoms with Crippen molar-refractivity contribution in [1.82, 2.24) is 5.32 Å². The van der Waals surface area contributed by atoms with Gasteiger partial charge in [-0.15, -0.1) is 11.6 Å². The van der Waals surface area contributed by atoms with E-state index in [1.807, 2.05) is 0 Å². The lowest BCUT2D eigenvalue weighted by Gasteiger charge is -2.05. The maximum absolute atomic E-state index is 13.1. The van der Waals surface area contributed by atoms with Crippen molar-refractivity contribution < 1.29 is 9.18 Å². The molecule has 1 aromatic carbocycles. The molecule has 1 N–H and O–H groups in total. The van der Waals surface area contributed by atoms with Crippen molar-refractivity contribution in [2.45, 2.75) is 26.2 Å². The summed E-state index contributed by atoms with van der Waals surface area (Å²) in [6, 6.07) is 4.33. The van der Waals surface area contributed by atoms with Crippen molar-refractivity contribution >= 4 is 17.5 Å². The molecule has 0 saturated heterocycles. The Hall–Kier alpha value is -1.09. The van der Waals surface area contributed by atoms with Crippen LogP contribution in [-0.2, 0) is 0 Å². The largest absolute Gasteiger partial charge is 0.352 e. The molecule has 0 heterocycles. The second-order valence-corrected chi connectivity index (χ2v) is 4.40. The van der Waals surface area contributed by atoms with Gasteiger partial charge in [0.2, 0.25) is 0 Å². The second-order valence-electron chi connectivity index (χ2n) is 4.02. The average Bonchev–Trinajstić information content (AvgIpc) is 2.27. The maximum atomic E-state index is 13.1. The summed E-state index contributed by atoms with van der Waals surface area (Å²) in [5, 5.41) is 2.76. The van der Waals surface area contributed by atoms with Crippen molar-refractivity contribution in [2.24, 2.45) is 0 Å². The van der Waals surface area contributed by atoms with Crippen LogP contribution in [0.2, 0.25) is 0 Å². The predicted octanol–water partition coefficient (Wildman–Crippen LogP) is 3.27. The van der Waals surface area contributed by atoms with Gasteiger partial charge in [0.25, 0.3) is 5.91 Å². The third-order valence-electron chi connectivity index (χ3n) is 2.40. The van der Waals surface area contributed by atoms with Gasteiger partial charge in [0.15, 0.2) is 0 Å². The summed E-state index contributed by atoms with van der Waals surface area (Å²) in [6.07, 6.45) is 2.84. The third kappa shape index (κ3) is 5.18. The Labute approximate surface area is 106 Å². The van der Waals surface area contributed by atoms with Crippen molar-refractivity contribution in [3.05, 3.63) is 35.1 Å². The molecule has 0 unspecified atom stereocenters. The first-order chi connectivity index (χ1) is 8.13. The molecule has 1 rings (SSSR count). The van der Waals surface area contributed by atoms with E-state index in [0.29, 0.717) is 18.0 Å². The van der Waals surface area contributed by atoms with E-state index in [2.05, 4.69) is 5.32 Å². The summed E-state index contributed by atoms with van der Waals surface area (Å²) in [5.74, 6) is 0.0487. The van der Waals surface area contributed by atoms with Crippen LogP contribution in [0.25, 0.3) is 0 Å². The molecule has 0 bridgehead atoms. The maximum Gasteiger partial charge on any atom is 0.251 e. The standard InChI is InChI=1S/C13H17ClFNO/c1-10-7-11(9-12(15)8-10)13(17)16-6-4-2-3-5-14/h7-9H,2-6H2,1H3,(H,16,17). The van der Waals surface area contributed by atoms with Gasteiger partial charge >= 0.3 is 0 Å². The molecule has 0 fully saturated rings. The molecule has 2 nitrogen and oxygen atoms in total. The summed E-state index contributed by atoms with van der Waals surface area (Å²) < 4.78 is 13.1. The first kappa shape index (κ1) is 14.0.